The number of hydrogen-bond acceptors (Lipinski definition) is 4. The van der Waals surface area contributed by atoms with Crippen LogP contribution in [0.1, 0.15) is 9.75 Å². The Bertz CT molecular complexity index is 308. The van der Waals surface area contributed by atoms with E-state index in [1.165, 1.54) is 9.75 Å². The van der Waals surface area contributed by atoms with E-state index in [0.717, 1.165) is 32.8 Å². The Morgan fingerprint density at radius 2 is 2.12 bits per heavy atom. The van der Waals surface area contributed by atoms with Crippen molar-refractivity contribution in [1.29, 1.82) is 0 Å². The molecule has 0 amide bonds. The average molecular weight is 243 g/mol. The van der Waals surface area contributed by atoms with Crippen LogP contribution in [0.3, 0.4) is 0 Å². The van der Waals surface area contributed by atoms with Gasteiger partial charge in [-0.15, -0.1) is 11.3 Å². The van der Waals surface area contributed by atoms with Gasteiger partial charge in [-0.1, -0.05) is 0 Å². The van der Waals surface area contributed by atoms with Crippen molar-refractivity contribution >= 4 is 17.8 Å². The van der Waals surface area contributed by atoms with E-state index in [2.05, 4.69) is 24.0 Å². The van der Waals surface area contributed by atoms with Crippen molar-refractivity contribution in [1.82, 2.24) is 4.90 Å². The molecule has 0 aliphatic carbocycles. The lowest BCUT2D eigenvalue weighted by molar-refractivity contribution is -0.122. The lowest BCUT2D eigenvalue weighted by Crippen LogP contribution is -2.35. The van der Waals surface area contributed by atoms with Crippen molar-refractivity contribution in [3.8, 4) is 0 Å². The normalized spacial score (nSPS) is 16.3. The molecule has 0 radical (unpaired) electrons. The minimum absolute atomic E-state index is 0.250. The van der Waals surface area contributed by atoms with Gasteiger partial charge < -0.3 is 9.84 Å². The summed E-state index contributed by atoms with van der Waals surface area (Å²) in [5.41, 5.74) is 0. The summed E-state index contributed by atoms with van der Waals surface area (Å²) in [5.74, 6) is 0. The number of ether oxygens (including phenoxy) is 1. The number of hydrogen-bond donors (Lipinski definition) is 1. The summed E-state index contributed by atoms with van der Waals surface area (Å²) in [7, 11) is 0. The summed E-state index contributed by atoms with van der Waals surface area (Å²) < 4.78 is 5.30. The standard InChI is InChI=1S/C10H15NOS.CH2O2/c1-9-2-3-10(13-9)8-11-4-6-12-7-5-11;2-1-3/h2-3H,4-8H2,1H3;1H,(H,2,3). The van der Waals surface area contributed by atoms with Crippen LogP contribution >= 0.6 is 11.3 Å². The molecule has 1 aliphatic rings. The zero-order chi connectivity index (χ0) is 11.8. The molecule has 16 heavy (non-hydrogen) atoms. The van der Waals surface area contributed by atoms with Crippen molar-refractivity contribution in [3.05, 3.63) is 21.9 Å². The SMILES string of the molecule is Cc1ccc(CN2CCOCC2)s1.O=CO. The predicted octanol–water partition coefficient (Wildman–Crippen LogP) is 1.59. The molecule has 5 heteroatoms. The summed E-state index contributed by atoms with van der Waals surface area (Å²) >= 11 is 1.90. The number of aryl methyl sites for hydroxylation is 1. The van der Waals surface area contributed by atoms with Crippen molar-refractivity contribution in [2.45, 2.75) is 13.5 Å². The number of morpholine rings is 1. The molecule has 2 heterocycles. The van der Waals surface area contributed by atoms with Gasteiger partial charge in [0.1, 0.15) is 0 Å². The van der Waals surface area contributed by atoms with Gasteiger partial charge in [0.25, 0.3) is 6.47 Å². The first-order valence-electron chi connectivity index (χ1n) is 5.19. The number of rotatable bonds is 2. The maximum Gasteiger partial charge on any atom is 0.290 e. The Labute approximate surface area is 99.5 Å². The summed E-state index contributed by atoms with van der Waals surface area (Å²) in [6.07, 6.45) is 0. The minimum atomic E-state index is -0.250. The molecular weight excluding hydrogens is 226 g/mol. The second kappa shape index (κ2) is 7.38. The second-order valence-electron chi connectivity index (χ2n) is 3.51. The quantitative estimate of drug-likeness (QED) is 0.801. The third kappa shape index (κ3) is 4.74. The monoisotopic (exact) mass is 243 g/mol. The highest BCUT2D eigenvalue weighted by atomic mass is 32.1. The van der Waals surface area contributed by atoms with E-state index in [9.17, 15) is 0 Å². The van der Waals surface area contributed by atoms with E-state index < -0.39 is 0 Å². The van der Waals surface area contributed by atoms with Gasteiger partial charge in [0.05, 0.1) is 13.2 Å². The highest BCUT2D eigenvalue weighted by molar-refractivity contribution is 7.11. The van der Waals surface area contributed by atoms with Gasteiger partial charge in [0.15, 0.2) is 0 Å². The third-order valence-corrected chi connectivity index (χ3v) is 3.26. The van der Waals surface area contributed by atoms with Crippen molar-refractivity contribution in [3.63, 3.8) is 0 Å². The van der Waals surface area contributed by atoms with Crippen LogP contribution in [-0.4, -0.2) is 42.8 Å². The van der Waals surface area contributed by atoms with Crippen molar-refractivity contribution < 1.29 is 14.6 Å². The number of carbonyl (C=O) groups is 1. The largest absolute Gasteiger partial charge is 0.483 e. The van der Waals surface area contributed by atoms with Crippen molar-refractivity contribution in [2.24, 2.45) is 0 Å². The van der Waals surface area contributed by atoms with Gasteiger partial charge >= 0.3 is 0 Å². The van der Waals surface area contributed by atoms with Gasteiger partial charge in [-0.3, -0.25) is 9.69 Å². The first-order chi connectivity index (χ1) is 7.76. The molecule has 1 fully saturated rings. The van der Waals surface area contributed by atoms with Crippen molar-refractivity contribution in [2.75, 3.05) is 26.3 Å². The molecule has 0 atom stereocenters. The van der Waals surface area contributed by atoms with E-state index in [1.54, 1.807) is 0 Å². The van der Waals surface area contributed by atoms with Crippen LogP contribution in [0.4, 0.5) is 0 Å². The Hall–Kier alpha value is -0.910. The van der Waals surface area contributed by atoms with Gasteiger partial charge in [-0.25, -0.2) is 0 Å². The molecule has 90 valence electrons. The minimum Gasteiger partial charge on any atom is -0.483 e. The van der Waals surface area contributed by atoms with Gasteiger partial charge in [-0.05, 0) is 19.1 Å². The maximum absolute atomic E-state index is 8.36. The molecule has 4 nitrogen and oxygen atoms in total. The van der Waals surface area contributed by atoms with E-state index in [4.69, 9.17) is 14.6 Å². The molecule has 0 spiro atoms. The Morgan fingerprint density at radius 1 is 1.50 bits per heavy atom. The Kier molecular flexibility index (Phi) is 6.07. The molecule has 1 saturated heterocycles. The summed E-state index contributed by atoms with van der Waals surface area (Å²) in [6, 6.07) is 4.43. The predicted molar refractivity (Wildman–Crippen MR) is 63.8 cm³/mol. The fourth-order valence-electron chi connectivity index (χ4n) is 1.55. The maximum atomic E-state index is 8.36. The van der Waals surface area contributed by atoms with E-state index in [1.807, 2.05) is 11.3 Å². The fourth-order valence-corrected chi connectivity index (χ4v) is 2.48. The lowest BCUT2D eigenvalue weighted by Gasteiger charge is -2.25. The van der Waals surface area contributed by atoms with Crippen LogP contribution in [0.2, 0.25) is 0 Å². The van der Waals surface area contributed by atoms with Crippen LogP contribution in [0.25, 0.3) is 0 Å². The topological polar surface area (TPSA) is 49.8 Å². The second-order valence-corrected chi connectivity index (χ2v) is 4.88. The molecule has 1 N–H and O–H groups in total. The molecule has 1 aromatic rings. The fraction of sp³-hybridized carbons (Fsp3) is 0.545. The first kappa shape index (κ1) is 13.2. The Balaban J connectivity index is 0.000000386. The van der Waals surface area contributed by atoms with Crippen LogP contribution in [-0.2, 0) is 16.1 Å². The molecule has 1 aliphatic heterocycles. The molecule has 0 aromatic carbocycles. The van der Waals surface area contributed by atoms with Crippen LogP contribution in [0, 0.1) is 6.92 Å². The number of nitrogens with zero attached hydrogens (tertiary/aromatic N) is 1. The van der Waals surface area contributed by atoms with Crippen LogP contribution in [0.5, 0.6) is 0 Å². The molecule has 0 saturated carbocycles. The smallest absolute Gasteiger partial charge is 0.290 e. The zero-order valence-corrected chi connectivity index (χ0v) is 10.2. The van der Waals surface area contributed by atoms with Crippen LogP contribution < -0.4 is 0 Å². The van der Waals surface area contributed by atoms with Crippen LogP contribution in [0.15, 0.2) is 12.1 Å². The average Bonchev–Trinajstić information content (AvgIpc) is 2.67. The van der Waals surface area contributed by atoms with Gasteiger partial charge in [0.2, 0.25) is 0 Å². The summed E-state index contributed by atoms with van der Waals surface area (Å²) in [6.45, 7) is 6.96. The molecule has 0 unspecified atom stereocenters. The lowest BCUT2D eigenvalue weighted by atomic mass is 10.3. The van der Waals surface area contributed by atoms with E-state index >= 15 is 0 Å². The van der Waals surface area contributed by atoms with E-state index in [-0.39, 0.29) is 6.47 Å². The highest BCUT2D eigenvalue weighted by Crippen LogP contribution is 2.17. The zero-order valence-electron chi connectivity index (χ0n) is 9.39. The third-order valence-electron chi connectivity index (χ3n) is 2.28. The summed E-state index contributed by atoms with van der Waals surface area (Å²) in [5, 5.41) is 6.89. The molecule has 0 bridgehead atoms. The first-order valence-corrected chi connectivity index (χ1v) is 6.01. The van der Waals surface area contributed by atoms with Gasteiger partial charge in [-0.2, -0.15) is 0 Å². The molecule has 1 aromatic heterocycles. The van der Waals surface area contributed by atoms with E-state index in [0.29, 0.717) is 0 Å². The molecule has 2 rings (SSSR count). The molecular formula is C11H17NO3S. The van der Waals surface area contributed by atoms with Gasteiger partial charge in [0, 0.05) is 29.4 Å². The highest BCUT2D eigenvalue weighted by Gasteiger charge is 2.10. The summed E-state index contributed by atoms with van der Waals surface area (Å²) in [4.78, 5) is 13.7. The Morgan fingerprint density at radius 3 is 2.62 bits per heavy atom. The number of thiophene rings is 1. The number of carboxylic acid groups (broad SMARTS) is 1.